The van der Waals surface area contributed by atoms with E-state index < -0.39 is 0 Å². The zero-order valence-corrected chi connectivity index (χ0v) is 12.1. The van der Waals surface area contributed by atoms with E-state index in [1.165, 1.54) is 19.3 Å². The van der Waals surface area contributed by atoms with E-state index in [1.54, 1.807) is 33.6 Å². The molecule has 0 saturated carbocycles. The third-order valence-corrected chi connectivity index (χ3v) is 2.81. The van der Waals surface area contributed by atoms with Gasteiger partial charge >= 0.3 is 84.8 Å². The summed E-state index contributed by atoms with van der Waals surface area (Å²) in [7, 11) is 0. The van der Waals surface area contributed by atoms with Gasteiger partial charge in [-0.15, -0.1) is 0 Å². The fraction of sp³-hybridized carbons (Fsp3) is 0.600. The van der Waals surface area contributed by atoms with Gasteiger partial charge in [0.05, 0.1) is 0 Å². The summed E-state index contributed by atoms with van der Waals surface area (Å²) in [6, 6.07) is 0. The molecule has 1 aliphatic rings. The van der Waals surface area contributed by atoms with E-state index in [2.05, 4.69) is 26.0 Å². The molecule has 0 bridgehead atoms. The van der Waals surface area contributed by atoms with Crippen molar-refractivity contribution in [2.24, 2.45) is 5.92 Å². The third-order valence-electron chi connectivity index (χ3n) is 1.95. The van der Waals surface area contributed by atoms with Crippen LogP contribution in [0.2, 0.25) is 0 Å². The molecule has 0 nitrogen and oxygen atoms in total. The van der Waals surface area contributed by atoms with Crippen LogP contribution in [0.15, 0.2) is 21.0 Å². The molecule has 73 valence electrons. The molecule has 1 aliphatic carbocycles. The Labute approximate surface area is 109 Å². The maximum atomic E-state index is 2.38. The maximum Gasteiger partial charge on any atom is -1.00 e. The minimum atomic E-state index is 0. The largest absolute Gasteiger partial charge is 1.00 e. The normalized spacial score (nSPS) is 14.5. The van der Waals surface area contributed by atoms with Crippen LogP contribution in [0, 0.1) is 5.92 Å². The van der Waals surface area contributed by atoms with E-state index in [0.29, 0.717) is 0 Å². The second-order valence-corrected chi connectivity index (χ2v) is 5.16. The van der Waals surface area contributed by atoms with Gasteiger partial charge in [-0.1, -0.05) is 0 Å². The first-order valence-electron chi connectivity index (χ1n) is 4.29. The van der Waals surface area contributed by atoms with Gasteiger partial charge < -0.3 is 24.8 Å². The van der Waals surface area contributed by atoms with Gasteiger partial charge in [0, 0.05) is 0 Å². The molecule has 3 heteroatoms. The van der Waals surface area contributed by atoms with Crippen LogP contribution >= 0.6 is 0 Å². The molecule has 0 aromatic heterocycles. The molecular formula is C10H15Cl2Zr. The summed E-state index contributed by atoms with van der Waals surface area (Å²) in [4.78, 5) is 0. The number of allylic oxidation sites excluding steroid dienone is 4. The Hall–Kier alpha value is 0.943. The summed E-state index contributed by atoms with van der Waals surface area (Å²) in [6.07, 6.45) is 8.61. The second-order valence-electron chi connectivity index (χ2n) is 3.59. The van der Waals surface area contributed by atoms with Crippen molar-refractivity contribution < 1.29 is 49.5 Å². The Kier molecular flexibility index (Phi) is 10.4. The van der Waals surface area contributed by atoms with Crippen molar-refractivity contribution >= 4 is 0 Å². The van der Waals surface area contributed by atoms with Crippen molar-refractivity contribution in [3.8, 4) is 0 Å². The first-order valence-corrected chi connectivity index (χ1v) is 5.52. The molecule has 0 radical (unpaired) electrons. The first-order chi connectivity index (χ1) is 5.18. The van der Waals surface area contributed by atoms with Crippen LogP contribution < -0.4 is 24.8 Å². The van der Waals surface area contributed by atoms with E-state index in [1.807, 2.05) is 0 Å². The van der Waals surface area contributed by atoms with Gasteiger partial charge in [0.25, 0.3) is 0 Å². The summed E-state index contributed by atoms with van der Waals surface area (Å²) >= 11 is 1.59. The van der Waals surface area contributed by atoms with Crippen molar-refractivity contribution in [1.29, 1.82) is 0 Å². The third kappa shape index (κ3) is 6.94. The molecule has 1 rings (SSSR count). The van der Waals surface area contributed by atoms with Gasteiger partial charge in [0.15, 0.2) is 0 Å². The van der Waals surface area contributed by atoms with Gasteiger partial charge in [-0.25, -0.2) is 0 Å². The molecule has 0 saturated heterocycles. The summed E-state index contributed by atoms with van der Waals surface area (Å²) in [5.74, 6) is 0.846. The summed E-state index contributed by atoms with van der Waals surface area (Å²) in [5, 5.41) is 0. The predicted molar refractivity (Wildman–Crippen MR) is 44.9 cm³/mol. The summed E-state index contributed by atoms with van der Waals surface area (Å²) < 4.78 is 1.61. The van der Waals surface area contributed by atoms with Crippen LogP contribution in [0.25, 0.3) is 0 Å². The number of hydrogen-bond donors (Lipinski definition) is 0. The Bertz CT molecular complexity index is 195. The van der Waals surface area contributed by atoms with Crippen LogP contribution in [0.4, 0.5) is 0 Å². The molecule has 0 aromatic rings. The van der Waals surface area contributed by atoms with Crippen LogP contribution in [0.1, 0.15) is 33.1 Å². The summed E-state index contributed by atoms with van der Waals surface area (Å²) in [6.45, 7) is 4.58. The van der Waals surface area contributed by atoms with Crippen LogP contribution in [0.3, 0.4) is 0 Å². The van der Waals surface area contributed by atoms with Crippen LogP contribution in [-0.2, 0) is 24.7 Å². The SMILES string of the molecule is CC(C)CCC1=CC[C]([Zr+2])=C1.[Cl-].[Cl-]. The van der Waals surface area contributed by atoms with Gasteiger partial charge in [-0.05, 0) is 0 Å². The first kappa shape index (κ1) is 16.4. The molecule has 0 fully saturated rings. The van der Waals surface area contributed by atoms with Crippen molar-refractivity contribution in [2.75, 3.05) is 0 Å². The smallest absolute Gasteiger partial charge is 1.00 e. The van der Waals surface area contributed by atoms with E-state index in [0.717, 1.165) is 5.92 Å². The molecule has 0 unspecified atom stereocenters. The molecule has 0 heterocycles. The van der Waals surface area contributed by atoms with Crippen molar-refractivity contribution in [2.45, 2.75) is 33.1 Å². The minimum absolute atomic E-state index is 0. The Balaban J connectivity index is 0. The quantitative estimate of drug-likeness (QED) is 0.528. The zero-order valence-electron chi connectivity index (χ0n) is 8.11. The number of rotatable bonds is 3. The van der Waals surface area contributed by atoms with Gasteiger partial charge in [-0.3, -0.25) is 0 Å². The Morgan fingerprint density at radius 1 is 1.38 bits per heavy atom. The zero-order chi connectivity index (χ0) is 8.27. The fourth-order valence-corrected chi connectivity index (χ4v) is 1.92. The van der Waals surface area contributed by atoms with Gasteiger partial charge in [0.2, 0.25) is 0 Å². The molecule has 0 atom stereocenters. The average Bonchev–Trinajstić information content (AvgIpc) is 2.31. The minimum Gasteiger partial charge on any atom is -1.00 e. The maximum absolute atomic E-state index is 2.38. The Morgan fingerprint density at radius 3 is 2.38 bits per heavy atom. The molecule has 0 aliphatic heterocycles. The van der Waals surface area contributed by atoms with Crippen LogP contribution in [0.5, 0.6) is 0 Å². The second kappa shape index (κ2) is 8.27. The molecular weight excluding hydrogens is 282 g/mol. The van der Waals surface area contributed by atoms with E-state index in [4.69, 9.17) is 0 Å². The predicted octanol–water partition coefficient (Wildman–Crippen LogP) is -2.81. The Morgan fingerprint density at radius 2 is 2.00 bits per heavy atom. The van der Waals surface area contributed by atoms with E-state index in [9.17, 15) is 0 Å². The monoisotopic (exact) mass is 295 g/mol. The van der Waals surface area contributed by atoms with Crippen molar-refractivity contribution in [3.05, 3.63) is 21.0 Å². The van der Waals surface area contributed by atoms with E-state index >= 15 is 0 Å². The van der Waals surface area contributed by atoms with E-state index in [-0.39, 0.29) is 24.8 Å². The molecule has 0 spiro atoms. The molecule has 0 N–H and O–H groups in total. The van der Waals surface area contributed by atoms with Crippen LogP contribution in [-0.4, -0.2) is 0 Å². The topological polar surface area (TPSA) is 0 Å². The molecule has 0 aromatic carbocycles. The molecule has 0 amide bonds. The van der Waals surface area contributed by atoms with Crippen molar-refractivity contribution in [1.82, 2.24) is 0 Å². The summed E-state index contributed by atoms with van der Waals surface area (Å²) in [5.41, 5.74) is 1.57. The molecule has 13 heavy (non-hydrogen) atoms. The average molecular weight is 297 g/mol. The standard InChI is InChI=1S/C10H15.2ClH.Zr/c1-9(2)7-8-10-5-3-4-6-10;;;/h5-6,9H,3,7-8H2,1-2H3;2*1H;/q;;;+2/p-2. The van der Waals surface area contributed by atoms with Crippen molar-refractivity contribution in [3.63, 3.8) is 0 Å². The van der Waals surface area contributed by atoms with Gasteiger partial charge in [-0.2, -0.15) is 0 Å². The number of halogens is 2. The number of hydrogen-bond acceptors (Lipinski definition) is 0. The van der Waals surface area contributed by atoms with Gasteiger partial charge in [0.1, 0.15) is 0 Å². The fourth-order valence-electron chi connectivity index (χ4n) is 1.21.